The van der Waals surface area contributed by atoms with E-state index in [4.69, 9.17) is 4.42 Å². The molecule has 1 N–H and O–H groups in total. The molecule has 0 atom stereocenters. The van der Waals surface area contributed by atoms with Gasteiger partial charge < -0.3 is 9.52 Å². The van der Waals surface area contributed by atoms with Crippen molar-refractivity contribution in [3.63, 3.8) is 0 Å². The molecule has 0 radical (unpaired) electrons. The Balaban J connectivity index is 2.32. The summed E-state index contributed by atoms with van der Waals surface area (Å²) in [4.78, 5) is 0. The Morgan fingerprint density at radius 3 is 2.65 bits per heavy atom. The van der Waals surface area contributed by atoms with E-state index in [1.165, 1.54) is 0 Å². The molecule has 2 heteroatoms. The van der Waals surface area contributed by atoms with E-state index in [9.17, 15) is 5.11 Å². The molecule has 0 saturated carbocycles. The Hall–Kier alpha value is -1.98. The molecule has 0 aliphatic rings. The largest absolute Gasteiger partial charge is 0.464 e. The standard InChI is InChI=1S/C15H14O2/c1-15(2,16)9-8-12-5-3-6-13(11-12)14-7-4-10-17-14/h3-7,10-11,16H,1-2H3. The summed E-state index contributed by atoms with van der Waals surface area (Å²) < 4.78 is 5.32. The minimum atomic E-state index is -0.972. The van der Waals surface area contributed by atoms with Gasteiger partial charge >= 0.3 is 0 Å². The zero-order valence-electron chi connectivity index (χ0n) is 9.90. The quantitative estimate of drug-likeness (QED) is 0.758. The zero-order chi connectivity index (χ0) is 12.3. The Morgan fingerprint density at radius 1 is 1.18 bits per heavy atom. The normalized spacial score (nSPS) is 10.8. The van der Waals surface area contributed by atoms with Gasteiger partial charge in [-0.3, -0.25) is 0 Å². The number of furan rings is 1. The number of rotatable bonds is 1. The molecule has 0 bridgehead atoms. The van der Waals surface area contributed by atoms with Crippen molar-refractivity contribution in [3.05, 3.63) is 48.2 Å². The molecule has 2 rings (SSSR count). The fourth-order valence-electron chi connectivity index (χ4n) is 1.42. The summed E-state index contributed by atoms with van der Waals surface area (Å²) in [5, 5.41) is 9.54. The summed E-state index contributed by atoms with van der Waals surface area (Å²) in [6.07, 6.45) is 1.64. The van der Waals surface area contributed by atoms with Crippen LogP contribution < -0.4 is 0 Å². The predicted octanol–water partition coefficient (Wildman–Crippen LogP) is 3.07. The van der Waals surface area contributed by atoms with Gasteiger partial charge in [0.15, 0.2) is 0 Å². The van der Waals surface area contributed by atoms with Gasteiger partial charge in [-0.15, -0.1) is 0 Å². The van der Waals surface area contributed by atoms with E-state index in [2.05, 4.69) is 11.8 Å². The van der Waals surface area contributed by atoms with E-state index >= 15 is 0 Å². The highest BCUT2D eigenvalue weighted by Crippen LogP contribution is 2.20. The maximum atomic E-state index is 9.54. The van der Waals surface area contributed by atoms with E-state index in [0.717, 1.165) is 16.9 Å². The summed E-state index contributed by atoms with van der Waals surface area (Å²) in [6.45, 7) is 3.33. The molecule has 0 aliphatic carbocycles. The van der Waals surface area contributed by atoms with Crippen LogP contribution in [0.25, 0.3) is 11.3 Å². The lowest BCUT2D eigenvalue weighted by molar-refractivity contribution is 0.143. The van der Waals surface area contributed by atoms with Gasteiger partial charge in [0, 0.05) is 11.1 Å². The van der Waals surface area contributed by atoms with Gasteiger partial charge in [-0.05, 0) is 38.1 Å². The lowest BCUT2D eigenvalue weighted by Crippen LogP contribution is -2.14. The van der Waals surface area contributed by atoms with Crippen LogP contribution in [0.5, 0.6) is 0 Å². The number of benzene rings is 1. The average Bonchev–Trinajstić information content (AvgIpc) is 2.79. The van der Waals surface area contributed by atoms with Crippen molar-refractivity contribution in [2.75, 3.05) is 0 Å². The van der Waals surface area contributed by atoms with Crippen LogP contribution >= 0.6 is 0 Å². The van der Waals surface area contributed by atoms with Gasteiger partial charge in [-0.2, -0.15) is 0 Å². The third kappa shape index (κ3) is 3.24. The Labute approximate surface area is 101 Å². The fraction of sp³-hybridized carbons (Fsp3) is 0.200. The van der Waals surface area contributed by atoms with Gasteiger partial charge in [0.05, 0.1) is 6.26 Å². The Bertz CT molecular complexity index is 549. The van der Waals surface area contributed by atoms with Crippen LogP contribution in [0.15, 0.2) is 47.1 Å². The molecule has 1 aromatic carbocycles. The first-order chi connectivity index (χ1) is 8.04. The zero-order valence-corrected chi connectivity index (χ0v) is 9.90. The molecule has 0 spiro atoms. The molecule has 0 saturated heterocycles. The van der Waals surface area contributed by atoms with Crippen molar-refractivity contribution < 1.29 is 9.52 Å². The minimum Gasteiger partial charge on any atom is -0.464 e. The fourth-order valence-corrected chi connectivity index (χ4v) is 1.42. The maximum Gasteiger partial charge on any atom is 0.133 e. The number of hydrogen-bond donors (Lipinski definition) is 1. The predicted molar refractivity (Wildman–Crippen MR) is 67.3 cm³/mol. The SMILES string of the molecule is CC(C)(O)C#Cc1cccc(-c2ccco2)c1. The maximum absolute atomic E-state index is 9.54. The molecule has 1 aromatic heterocycles. The van der Waals surface area contributed by atoms with Crippen LogP contribution in [0.2, 0.25) is 0 Å². The highest BCUT2D eigenvalue weighted by atomic mass is 16.3. The van der Waals surface area contributed by atoms with Crippen molar-refractivity contribution in [3.8, 4) is 23.2 Å². The van der Waals surface area contributed by atoms with E-state index < -0.39 is 5.60 Å². The van der Waals surface area contributed by atoms with Crippen molar-refractivity contribution >= 4 is 0 Å². The molecule has 0 fully saturated rings. The first-order valence-corrected chi connectivity index (χ1v) is 5.44. The summed E-state index contributed by atoms with van der Waals surface area (Å²) >= 11 is 0. The van der Waals surface area contributed by atoms with Crippen LogP contribution in [0.3, 0.4) is 0 Å². The van der Waals surface area contributed by atoms with E-state index in [1.807, 2.05) is 36.4 Å². The smallest absolute Gasteiger partial charge is 0.133 e. The van der Waals surface area contributed by atoms with E-state index in [1.54, 1.807) is 20.1 Å². The molecule has 86 valence electrons. The van der Waals surface area contributed by atoms with Crippen molar-refractivity contribution in [1.29, 1.82) is 0 Å². The molecule has 0 unspecified atom stereocenters. The first-order valence-electron chi connectivity index (χ1n) is 5.44. The van der Waals surface area contributed by atoms with Crippen molar-refractivity contribution in [2.45, 2.75) is 19.4 Å². The van der Waals surface area contributed by atoms with Gasteiger partial charge in [-0.25, -0.2) is 0 Å². The van der Waals surface area contributed by atoms with Crippen LogP contribution in [0.4, 0.5) is 0 Å². The second-order valence-electron chi connectivity index (χ2n) is 4.37. The highest BCUT2D eigenvalue weighted by Gasteiger charge is 2.06. The summed E-state index contributed by atoms with van der Waals surface area (Å²) in [5.74, 6) is 6.55. The molecule has 2 aromatic rings. The van der Waals surface area contributed by atoms with Crippen LogP contribution in [0, 0.1) is 11.8 Å². The molecule has 0 aliphatic heterocycles. The molecule has 0 amide bonds. The first kappa shape index (κ1) is 11.5. The third-order valence-electron chi connectivity index (χ3n) is 2.18. The lowest BCUT2D eigenvalue weighted by Gasteiger charge is -2.06. The summed E-state index contributed by atoms with van der Waals surface area (Å²) in [5.41, 5.74) is 0.874. The highest BCUT2D eigenvalue weighted by molar-refractivity contribution is 5.60. The van der Waals surface area contributed by atoms with Gasteiger partial charge in [0.2, 0.25) is 0 Å². The van der Waals surface area contributed by atoms with Crippen LogP contribution in [-0.2, 0) is 0 Å². The van der Waals surface area contributed by atoms with Gasteiger partial charge in [-0.1, -0.05) is 24.0 Å². The van der Waals surface area contributed by atoms with Gasteiger partial charge in [0.1, 0.15) is 11.4 Å². The molecule has 17 heavy (non-hydrogen) atoms. The topological polar surface area (TPSA) is 33.4 Å². The monoisotopic (exact) mass is 226 g/mol. The second kappa shape index (κ2) is 4.48. The molecular weight excluding hydrogens is 212 g/mol. The third-order valence-corrected chi connectivity index (χ3v) is 2.18. The summed E-state index contributed by atoms with van der Waals surface area (Å²) in [6, 6.07) is 11.5. The van der Waals surface area contributed by atoms with E-state index in [-0.39, 0.29) is 0 Å². The molecule has 2 nitrogen and oxygen atoms in total. The second-order valence-corrected chi connectivity index (χ2v) is 4.37. The van der Waals surface area contributed by atoms with Gasteiger partial charge in [0.25, 0.3) is 0 Å². The lowest BCUT2D eigenvalue weighted by atomic mass is 10.1. The number of aliphatic hydroxyl groups is 1. The van der Waals surface area contributed by atoms with Crippen molar-refractivity contribution in [2.24, 2.45) is 0 Å². The average molecular weight is 226 g/mol. The number of hydrogen-bond acceptors (Lipinski definition) is 2. The Morgan fingerprint density at radius 2 is 2.00 bits per heavy atom. The summed E-state index contributed by atoms with van der Waals surface area (Å²) in [7, 11) is 0. The van der Waals surface area contributed by atoms with E-state index in [0.29, 0.717) is 0 Å². The van der Waals surface area contributed by atoms with Crippen LogP contribution in [0.1, 0.15) is 19.4 Å². The molecular formula is C15H14O2. The Kier molecular flexibility index (Phi) is 3.03. The molecule has 1 heterocycles. The van der Waals surface area contributed by atoms with Crippen LogP contribution in [-0.4, -0.2) is 10.7 Å². The minimum absolute atomic E-state index is 0.817. The van der Waals surface area contributed by atoms with Crippen molar-refractivity contribution in [1.82, 2.24) is 0 Å².